The summed E-state index contributed by atoms with van der Waals surface area (Å²) in [6, 6.07) is 0. The third-order valence-electron chi connectivity index (χ3n) is 0. The molecule has 0 aliphatic rings. The van der Waals surface area contributed by atoms with Crippen molar-refractivity contribution >= 4 is 43.9 Å². The van der Waals surface area contributed by atoms with Crippen LogP contribution in [0.1, 0.15) is 2.85 Å². The Morgan fingerprint density at radius 2 is 1.29 bits per heavy atom. The van der Waals surface area contributed by atoms with Crippen molar-refractivity contribution in [2.24, 2.45) is 0 Å². The standard InChI is InChI=1S/CH2O3.Ca.2FH.2H/c2-1(3)4;;;;;/h(H2,2,3,4);;2*1H;;/q;+2;;;2*-1. The molecule has 0 aromatic heterocycles. The quantitative estimate of drug-likeness (QED) is 0.483. The molecule has 0 fully saturated rings. The molecule has 0 heterocycles. The van der Waals surface area contributed by atoms with E-state index in [2.05, 4.69) is 0 Å². The summed E-state index contributed by atoms with van der Waals surface area (Å²) in [6.07, 6.45) is -1.83. The van der Waals surface area contributed by atoms with Crippen LogP contribution in [0.4, 0.5) is 14.2 Å². The van der Waals surface area contributed by atoms with Gasteiger partial charge in [0, 0.05) is 0 Å². The fourth-order valence-corrected chi connectivity index (χ4v) is 0. The van der Waals surface area contributed by atoms with E-state index in [0.717, 1.165) is 0 Å². The number of hydrogen-bond donors (Lipinski definition) is 2. The molecule has 0 bridgehead atoms. The van der Waals surface area contributed by atoms with Gasteiger partial charge >= 0.3 is 43.9 Å². The summed E-state index contributed by atoms with van der Waals surface area (Å²) in [4.78, 5) is 8.56. The molecular formula is CH6CaF2O3. The van der Waals surface area contributed by atoms with E-state index in [9.17, 15) is 0 Å². The fraction of sp³-hybridized carbons (Fsp3) is 0. The third-order valence-corrected chi connectivity index (χ3v) is 0. The zero-order chi connectivity index (χ0) is 3.58. The maximum Gasteiger partial charge on any atom is 2.00 e. The van der Waals surface area contributed by atoms with Gasteiger partial charge in [-0.15, -0.1) is 0 Å². The van der Waals surface area contributed by atoms with Gasteiger partial charge in [-0.1, -0.05) is 0 Å². The molecule has 44 valence electrons. The SMILES string of the molecule is F.F.O=C(O)O.[Ca+2].[H-].[H-]. The second kappa shape index (κ2) is 16.2. The fourth-order valence-electron chi connectivity index (χ4n) is 0. The Morgan fingerprint density at radius 1 is 1.29 bits per heavy atom. The molecule has 0 radical (unpaired) electrons. The second-order valence-corrected chi connectivity index (χ2v) is 0.283. The Bertz CT molecular complexity index is 42.8. The zero-order valence-corrected chi connectivity index (χ0v) is 5.53. The van der Waals surface area contributed by atoms with Gasteiger partial charge in [0.05, 0.1) is 0 Å². The van der Waals surface area contributed by atoms with Gasteiger partial charge in [-0.25, -0.2) is 4.79 Å². The Hall–Kier alpha value is 0.390. The number of carbonyl (C=O) groups is 1. The molecule has 0 amide bonds. The van der Waals surface area contributed by atoms with Gasteiger partial charge in [-0.05, 0) is 0 Å². The first kappa shape index (κ1) is 26.3. The van der Waals surface area contributed by atoms with E-state index >= 15 is 0 Å². The largest absolute Gasteiger partial charge is 2.00 e. The number of carboxylic acid groups (broad SMARTS) is 2. The van der Waals surface area contributed by atoms with Crippen LogP contribution < -0.4 is 0 Å². The monoisotopic (exact) mass is 144 g/mol. The molecule has 0 saturated heterocycles. The smallest absolute Gasteiger partial charge is 1.00 e. The summed E-state index contributed by atoms with van der Waals surface area (Å²) in [5.74, 6) is 0. The Labute approximate surface area is 71.0 Å². The molecule has 2 N–H and O–H groups in total. The molecule has 0 atom stereocenters. The van der Waals surface area contributed by atoms with Crippen LogP contribution in [0.25, 0.3) is 0 Å². The van der Waals surface area contributed by atoms with Gasteiger partial charge in [0.2, 0.25) is 0 Å². The Kier molecular flexibility index (Phi) is 60.6. The first-order valence-electron chi connectivity index (χ1n) is 0.651. The van der Waals surface area contributed by atoms with Crippen molar-refractivity contribution in [2.45, 2.75) is 0 Å². The minimum absolute atomic E-state index is 0. The number of halogens is 2. The normalized spacial score (nSPS) is 3.43. The third kappa shape index (κ3) is 811. The molecule has 0 unspecified atom stereocenters. The van der Waals surface area contributed by atoms with E-state index in [1.807, 2.05) is 0 Å². The van der Waals surface area contributed by atoms with Gasteiger partial charge in [0.25, 0.3) is 0 Å². The summed E-state index contributed by atoms with van der Waals surface area (Å²) in [6.45, 7) is 0. The van der Waals surface area contributed by atoms with E-state index in [-0.39, 0.29) is 50.0 Å². The second-order valence-electron chi connectivity index (χ2n) is 0.283. The zero-order valence-electron chi connectivity index (χ0n) is 5.33. The number of hydrogen-bond acceptors (Lipinski definition) is 1. The molecule has 0 rings (SSSR count). The van der Waals surface area contributed by atoms with Crippen LogP contribution >= 0.6 is 0 Å². The maximum atomic E-state index is 8.56. The van der Waals surface area contributed by atoms with E-state index in [1.165, 1.54) is 0 Å². The van der Waals surface area contributed by atoms with E-state index in [4.69, 9.17) is 15.0 Å². The molecule has 0 saturated carbocycles. The predicted octanol–water partition coefficient (Wildman–Crippen LogP) is 0.372. The minimum Gasteiger partial charge on any atom is -1.00 e. The van der Waals surface area contributed by atoms with Crippen molar-refractivity contribution in [3.05, 3.63) is 0 Å². The molecule has 7 heavy (non-hydrogen) atoms. The van der Waals surface area contributed by atoms with Crippen LogP contribution in [0.5, 0.6) is 0 Å². The van der Waals surface area contributed by atoms with Gasteiger partial charge in [0.1, 0.15) is 0 Å². The summed E-state index contributed by atoms with van der Waals surface area (Å²) in [7, 11) is 0. The molecule has 3 nitrogen and oxygen atoms in total. The van der Waals surface area contributed by atoms with Gasteiger partial charge in [0.15, 0.2) is 0 Å². The molecule has 0 aliphatic heterocycles. The van der Waals surface area contributed by atoms with Crippen LogP contribution in [0.3, 0.4) is 0 Å². The maximum absolute atomic E-state index is 8.56. The topological polar surface area (TPSA) is 57.5 Å². The van der Waals surface area contributed by atoms with Crippen LogP contribution in [0.15, 0.2) is 0 Å². The summed E-state index contributed by atoms with van der Waals surface area (Å²) in [5, 5.41) is 13.9. The average molecular weight is 144 g/mol. The van der Waals surface area contributed by atoms with E-state index < -0.39 is 6.16 Å². The summed E-state index contributed by atoms with van der Waals surface area (Å²) in [5.41, 5.74) is 0. The van der Waals surface area contributed by atoms with Crippen molar-refractivity contribution in [1.82, 2.24) is 0 Å². The van der Waals surface area contributed by atoms with Crippen LogP contribution in [0.2, 0.25) is 0 Å². The van der Waals surface area contributed by atoms with Gasteiger partial charge in [-0.2, -0.15) is 0 Å². The molecule has 0 aromatic carbocycles. The predicted molar refractivity (Wildman–Crippen MR) is 23.6 cm³/mol. The summed E-state index contributed by atoms with van der Waals surface area (Å²) >= 11 is 0. The van der Waals surface area contributed by atoms with E-state index in [1.54, 1.807) is 0 Å². The van der Waals surface area contributed by atoms with Gasteiger partial charge < -0.3 is 13.1 Å². The molecule has 0 spiro atoms. The summed E-state index contributed by atoms with van der Waals surface area (Å²) < 4.78 is 0. The average Bonchev–Trinajstić information content (AvgIpc) is 0.811. The van der Waals surface area contributed by atoms with Crippen LogP contribution in [-0.4, -0.2) is 54.1 Å². The van der Waals surface area contributed by atoms with Crippen molar-refractivity contribution in [3.63, 3.8) is 0 Å². The van der Waals surface area contributed by atoms with Crippen molar-refractivity contribution in [1.29, 1.82) is 0 Å². The molecule has 0 aromatic rings. The molecular weight excluding hydrogens is 138 g/mol. The Morgan fingerprint density at radius 3 is 1.29 bits per heavy atom. The van der Waals surface area contributed by atoms with E-state index in [0.29, 0.717) is 0 Å². The van der Waals surface area contributed by atoms with Gasteiger partial charge in [-0.3, -0.25) is 9.41 Å². The molecule has 0 aliphatic carbocycles. The van der Waals surface area contributed by atoms with Crippen molar-refractivity contribution in [3.8, 4) is 0 Å². The van der Waals surface area contributed by atoms with Crippen LogP contribution in [0, 0.1) is 0 Å². The number of rotatable bonds is 0. The first-order valence-corrected chi connectivity index (χ1v) is 0.651. The van der Waals surface area contributed by atoms with Crippen LogP contribution in [-0.2, 0) is 0 Å². The van der Waals surface area contributed by atoms with Crippen molar-refractivity contribution in [2.75, 3.05) is 0 Å². The van der Waals surface area contributed by atoms with Crippen molar-refractivity contribution < 1.29 is 27.3 Å². The Balaban J connectivity index is -0.00000000450. The first-order chi connectivity index (χ1) is 1.73. The minimum atomic E-state index is -1.83. The molecule has 6 heteroatoms.